The van der Waals surface area contributed by atoms with Crippen LogP contribution in [-0.4, -0.2) is 171 Å². The van der Waals surface area contributed by atoms with E-state index in [1.54, 1.807) is 60.9 Å². The summed E-state index contributed by atoms with van der Waals surface area (Å²) >= 11 is 15.3. The Hall–Kier alpha value is -9.82. The van der Waals surface area contributed by atoms with Crippen LogP contribution in [0.5, 0.6) is 23.0 Å². The van der Waals surface area contributed by atoms with Crippen molar-refractivity contribution < 1.29 is 45.7 Å². The average molecular weight is 1740 g/mol. The van der Waals surface area contributed by atoms with Crippen LogP contribution in [0.4, 0.5) is 22.7 Å². The maximum Gasteiger partial charge on any atom is 0.275 e. The number of amides is 2. The molecule has 4 aromatic heterocycles. The highest BCUT2D eigenvalue weighted by atomic mass is 35.5. The van der Waals surface area contributed by atoms with Gasteiger partial charge in [-0.1, -0.05) is 99.7 Å². The SMILES string of the molecule is CC[C@H]1CSc2cc(S(=O)(=O)NC(=O)c3ccc(N4CCN(CC5=C(c6ccc(Cl)cc6)CC(C)(C)CC5)CC4)cc3Oc3cnc4[nH]ccc4c3)cc([N+](=O)[O-])c2C1.CN(C)C[C@H]1CSc2cc(S(=O)(=O)NC(=O)c3ccc(N4CCN(CC5=C(c6ccc(Cl)cc6)CC(C)(C)CC5)CC4)cc3Oc3cnc4[nH]ccc4c3)cc([N+](=O)[O-])c2C1. The van der Waals surface area contributed by atoms with Gasteiger partial charge in [0.05, 0.1) is 43.2 Å². The Morgan fingerprint density at radius 3 is 1.38 bits per heavy atom. The van der Waals surface area contributed by atoms with E-state index in [9.17, 15) is 46.7 Å². The molecule has 2 amide bonds. The number of pyridine rings is 2. The number of aromatic amines is 2. The molecule has 0 radical (unpaired) electrons. The van der Waals surface area contributed by atoms with Gasteiger partial charge in [-0.3, -0.25) is 39.6 Å². The summed E-state index contributed by atoms with van der Waals surface area (Å²) in [6.45, 7) is 20.2. The Morgan fingerprint density at radius 2 is 0.975 bits per heavy atom. The molecule has 0 spiro atoms. The summed E-state index contributed by atoms with van der Waals surface area (Å²) in [5.74, 6) is 1.01. The minimum absolute atomic E-state index is 0.0142. The molecule has 8 heterocycles. The summed E-state index contributed by atoms with van der Waals surface area (Å²) in [7, 11) is -5.16. The molecule has 2 fully saturated rings. The third kappa shape index (κ3) is 19.9. The lowest BCUT2D eigenvalue weighted by atomic mass is 9.72. The predicted molar refractivity (Wildman–Crippen MR) is 475 cm³/mol. The van der Waals surface area contributed by atoms with Crippen LogP contribution in [0, 0.1) is 42.9 Å². The first kappa shape index (κ1) is 85.2. The number of hydrogen-bond donors (Lipinski definition) is 4. The number of aromatic nitrogens is 4. The highest BCUT2D eigenvalue weighted by Gasteiger charge is 2.37. The third-order valence-corrected chi connectivity index (χ3v) is 29.4. The largest absolute Gasteiger partial charge is 0.455 e. The van der Waals surface area contributed by atoms with Gasteiger partial charge in [-0.25, -0.2) is 36.2 Å². The predicted octanol–water partition coefficient (Wildman–Crippen LogP) is 18.1. The molecule has 120 heavy (non-hydrogen) atoms. The molecule has 0 bridgehead atoms. The van der Waals surface area contributed by atoms with Gasteiger partial charge in [0.15, 0.2) is 0 Å². The molecule has 10 aromatic rings. The van der Waals surface area contributed by atoms with Crippen molar-refractivity contribution in [3.63, 3.8) is 0 Å². The van der Waals surface area contributed by atoms with E-state index in [0.29, 0.717) is 62.3 Å². The number of H-pyrrole nitrogens is 2. The van der Waals surface area contributed by atoms with E-state index in [1.807, 2.05) is 62.3 Å². The molecule has 2 saturated heterocycles. The first-order valence-corrected chi connectivity index (χ1v) is 46.1. The summed E-state index contributed by atoms with van der Waals surface area (Å²) in [5, 5.41) is 27.4. The van der Waals surface area contributed by atoms with Crippen LogP contribution in [0.25, 0.3) is 33.2 Å². The molecule has 4 aliphatic heterocycles. The summed E-state index contributed by atoms with van der Waals surface area (Å²) in [6.07, 6.45) is 14.8. The molecule has 2 aliphatic carbocycles. The normalized spacial score (nSPS) is 18.4. The lowest BCUT2D eigenvalue weighted by Gasteiger charge is -2.39. The van der Waals surface area contributed by atoms with Crippen molar-refractivity contribution in [3.05, 3.63) is 233 Å². The summed E-state index contributed by atoms with van der Waals surface area (Å²) in [6, 6.07) is 38.8. The van der Waals surface area contributed by atoms with Crippen LogP contribution in [0.1, 0.15) is 123 Å². The summed E-state index contributed by atoms with van der Waals surface area (Å²) in [4.78, 5) is 78.1. The first-order chi connectivity index (χ1) is 57.3. The van der Waals surface area contributed by atoms with Crippen molar-refractivity contribution >= 4 is 135 Å². The van der Waals surface area contributed by atoms with Gasteiger partial charge in [0.2, 0.25) is 0 Å². The number of benzene rings is 6. The van der Waals surface area contributed by atoms with Crippen LogP contribution in [0.3, 0.4) is 0 Å². The van der Waals surface area contributed by atoms with E-state index in [4.69, 9.17) is 32.7 Å². The van der Waals surface area contributed by atoms with Crippen molar-refractivity contribution in [2.45, 2.75) is 112 Å². The molecule has 2 atom stereocenters. The fraction of sp³-hybridized carbons (Fsp3) is 0.371. The van der Waals surface area contributed by atoms with E-state index in [2.05, 4.69) is 101 Å². The minimum Gasteiger partial charge on any atom is -0.455 e. The number of hydrogen-bond acceptors (Lipinski definition) is 21. The molecule has 6 aromatic carbocycles. The van der Waals surface area contributed by atoms with Crippen molar-refractivity contribution in [2.75, 3.05) is 107 Å². The molecule has 6 aliphatic rings. The lowest BCUT2D eigenvalue weighted by Crippen LogP contribution is -2.47. The monoisotopic (exact) mass is 1740 g/mol. The number of nitro benzene ring substituents is 2. The van der Waals surface area contributed by atoms with Crippen LogP contribution >= 0.6 is 46.7 Å². The van der Waals surface area contributed by atoms with Crippen LogP contribution in [0.15, 0.2) is 189 Å². The zero-order valence-electron chi connectivity index (χ0n) is 68.0. The number of ether oxygens (including phenoxy) is 2. The van der Waals surface area contributed by atoms with Crippen LogP contribution in [-0.2, 0) is 32.9 Å². The van der Waals surface area contributed by atoms with Crippen LogP contribution < -0.4 is 28.7 Å². The Labute approximate surface area is 717 Å². The van der Waals surface area contributed by atoms with Gasteiger partial charge in [-0.05, 0) is 195 Å². The van der Waals surface area contributed by atoms with E-state index in [0.717, 1.165) is 167 Å². The fourth-order valence-corrected chi connectivity index (χ4v) is 21.9. The maximum atomic E-state index is 14.0. The number of carbonyl (C=O) groups is 2. The highest BCUT2D eigenvalue weighted by Crippen LogP contribution is 2.48. The number of thioether (sulfide) groups is 2. The quantitative estimate of drug-likeness (QED) is 0.0341. The van der Waals surface area contributed by atoms with Gasteiger partial charge in [-0.15, -0.1) is 23.5 Å². The van der Waals surface area contributed by atoms with Crippen LogP contribution in [0.2, 0.25) is 10.0 Å². The number of sulfonamides is 2. The Balaban J connectivity index is 0.000000187. The molecule has 16 rings (SSSR count). The van der Waals surface area contributed by atoms with Crippen molar-refractivity contribution in [1.82, 2.24) is 44.1 Å². The lowest BCUT2D eigenvalue weighted by molar-refractivity contribution is -0.386. The van der Waals surface area contributed by atoms with Crippen molar-refractivity contribution in [3.8, 4) is 23.0 Å². The number of allylic oxidation sites excluding steroid dienone is 2. The number of carbonyl (C=O) groups excluding carboxylic acids is 2. The highest BCUT2D eigenvalue weighted by molar-refractivity contribution is 7.99. The number of nitro groups is 2. The standard InChI is InChI=1S/C45H50ClN7O6S2.C44H47ClN6O6S2/c1-45(2)13-11-32(39(24-45)30-5-7-33(46)8-6-30)27-51-15-17-52(18-16-51)34-9-10-37(41(21-34)59-35-20-31-12-14-47-43(31)48-25-35)44(54)49-61(57,58)36-22-40(53(55)56)38-19-29(26-50(3)4)28-60-42(38)23-36;1-4-28-19-37-39(51(53)54)22-35(23-41(37)58-27-28)59(55,56)48-43(52)36-10-9-33(21-40(36)57-34-20-30-12-14-46-42(30)47-25-34)50-17-15-49(16-18-50)26-31-11-13-44(2,3)24-38(31)29-5-7-32(45)8-6-29/h5-10,12,14,20-23,25,29H,11,13,15-19,24,26-28H2,1-4H3,(H,47,48)(H,49,54);5-10,12,14,20-23,25,28H,4,11,13,15-19,24,26-27H2,1-3H3,(H,46,47)(H,48,52)/t29-;28-/m01/s1. The van der Waals surface area contributed by atoms with E-state index >= 15 is 0 Å². The molecular weight excluding hydrogens is 1640 g/mol. The van der Waals surface area contributed by atoms with Crippen molar-refractivity contribution in [2.24, 2.45) is 22.7 Å². The van der Waals surface area contributed by atoms with Crippen molar-refractivity contribution in [1.29, 1.82) is 0 Å². The topological polar surface area (TPSA) is 305 Å². The number of halogens is 2. The fourth-order valence-electron chi connectivity index (χ4n) is 17.0. The van der Waals surface area contributed by atoms with Gasteiger partial charge in [-0.2, -0.15) is 0 Å². The number of nitrogens with zero attached hydrogens (tertiary/aromatic N) is 9. The zero-order valence-corrected chi connectivity index (χ0v) is 72.8. The maximum absolute atomic E-state index is 14.0. The van der Waals surface area contributed by atoms with Gasteiger partial charge < -0.3 is 34.1 Å². The van der Waals surface area contributed by atoms with E-state index in [-0.39, 0.29) is 66.5 Å². The number of nitrogens with one attached hydrogen (secondary N) is 4. The summed E-state index contributed by atoms with van der Waals surface area (Å²) in [5.41, 5.74) is 12.2. The third-order valence-electron chi connectivity index (χ3n) is 23.6. The molecule has 0 saturated carbocycles. The smallest absolute Gasteiger partial charge is 0.275 e. The van der Waals surface area contributed by atoms with Gasteiger partial charge in [0.25, 0.3) is 43.2 Å². The number of piperazine rings is 2. The van der Waals surface area contributed by atoms with E-state index in [1.165, 1.54) is 81.5 Å². The Morgan fingerprint density at radius 1 is 0.567 bits per heavy atom. The molecule has 628 valence electrons. The Bertz CT molecular complexity index is 5900. The van der Waals surface area contributed by atoms with E-state index < -0.39 is 41.7 Å². The molecule has 31 heteroatoms. The minimum atomic E-state index is -4.54. The second kappa shape index (κ2) is 35.7. The average Bonchev–Trinajstić information content (AvgIpc) is 0.824. The first-order valence-electron chi connectivity index (χ1n) is 40.4. The number of rotatable bonds is 23. The van der Waals surface area contributed by atoms with Gasteiger partial charge in [0, 0.05) is 173 Å². The van der Waals surface area contributed by atoms with Gasteiger partial charge in [0.1, 0.15) is 34.3 Å². The number of fused-ring (bicyclic) bond motifs is 4. The zero-order chi connectivity index (χ0) is 84.5. The summed E-state index contributed by atoms with van der Waals surface area (Å²) < 4.78 is 72.3. The second-order valence-electron chi connectivity index (χ2n) is 33.8. The molecular formula is C89H97Cl2N13O12S4. The molecule has 0 unspecified atom stereocenters. The second-order valence-corrected chi connectivity index (χ2v) is 40.1. The molecule has 4 N–H and O–H groups in total. The Kier molecular flexibility index (Phi) is 25.3. The number of anilines is 2. The van der Waals surface area contributed by atoms with Gasteiger partial charge >= 0.3 is 0 Å². The molecule has 25 nitrogen and oxygen atoms in total.